The Bertz CT molecular complexity index is 561. The number of benzene rings is 2. The lowest BCUT2D eigenvalue weighted by Crippen LogP contribution is -2.00. The number of hydrogen-bond acceptors (Lipinski definition) is 1. The van der Waals surface area contributed by atoms with Gasteiger partial charge in [-0.15, -0.1) is 0 Å². The smallest absolute Gasteiger partial charge is 0.0411 e. The van der Waals surface area contributed by atoms with Crippen LogP contribution in [0.2, 0.25) is 0 Å². The molecule has 0 spiro atoms. The fraction of sp³-hybridized carbons (Fsp3) is 0.250. The Balaban J connectivity index is 2.09. The van der Waals surface area contributed by atoms with Crippen LogP contribution >= 0.6 is 15.9 Å². The van der Waals surface area contributed by atoms with Crippen molar-refractivity contribution < 1.29 is 0 Å². The van der Waals surface area contributed by atoms with Gasteiger partial charge in [0.2, 0.25) is 0 Å². The molecule has 0 bridgehead atoms. The molecule has 0 saturated carbocycles. The molecule has 0 fully saturated rings. The normalized spacial score (nSPS) is 10.4. The molecule has 0 aliphatic heterocycles. The maximum absolute atomic E-state index is 3.61. The summed E-state index contributed by atoms with van der Waals surface area (Å²) in [5.74, 6) is 0. The molecule has 1 nitrogen and oxygen atoms in total. The lowest BCUT2D eigenvalue weighted by atomic mass is 10.1. The molecule has 2 rings (SSSR count). The summed E-state index contributed by atoms with van der Waals surface area (Å²) in [5.41, 5.74) is 6.38. The molecule has 2 aromatic rings. The predicted molar refractivity (Wildman–Crippen MR) is 82.1 cm³/mol. The molecule has 0 radical (unpaired) electrons. The van der Waals surface area contributed by atoms with Gasteiger partial charge in [-0.3, -0.25) is 0 Å². The van der Waals surface area contributed by atoms with Crippen molar-refractivity contribution in [3.05, 3.63) is 63.1 Å². The fourth-order valence-electron chi connectivity index (χ4n) is 1.84. The number of aryl methyl sites for hydroxylation is 3. The molecule has 0 amide bonds. The van der Waals surface area contributed by atoms with Gasteiger partial charge in [0.05, 0.1) is 0 Å². The van der Waals surface area contributed by atoms with E-state index in [0.29, 0.717) is 0 Å². The Morgan fingerprint density at radius 1 is 0.944 bits per heavy atom. The van der Waals surface area contributed by atoms with Gasteiger partial charge in [-0.05, 0) is 61.2 Å². The van der Waals surface area contributed by atoms with Crippen LogP contribution in [-0.4, -0.2) is 0 Å². The first-order valence-corrected chi connectivity index (χ1v) is 6.92. The number of nitrogens with one attached hydrogen (secondary N) is 1. The Hall–Kier alpha value is -1.28. The van der Waals surface area contributed by atoms with Crippen molar-refractivity contribution >= 4 is 21.6 Å². The summed E-state index contributed by atoms with van der Waals surface area (Å²) in [6.45, 7) is 7.21. The molecular weight excluding hydrogens is 286 g/mol. The van der Waals surface area contributed by atoms with Crippen molar-refractivity contribution in [2.45, 2.75) is 27.3 Å². The molecule has 18 heavy (non-hydrogen) atoms. The van der Waals surface area contributed by atoms with Crippen molar-refractivity contribution in [1.29, 1.82) is 0 Å². The van der Waals surface area contributed by atoms with Gasteiger partial charge < -0.3 is 5.32 Å². The first-order chi connectivity index (χ1) is 8.56. The van der Waals surface area contributed by atoms with Gasteiger partial charge in [0.15, 0.2) is 0 Å². The summed E-state index contributed by atoms with van der Waals surface area (Å²) < 4.78 is 1.17. The van der Waals surface area contributed by atoms with Gasteiger partial charge in [0.25, 0.3) is 0 Å². The standard InChI is InChI=1S/C16H18BrN/c1-11-4-6-14(16(17)8-11)10-18-15-7-5-12(2)13(3)9-15/h4-9,18H,10H2,1-3H3. The molecule has 0 aromatic heterocycles. The largest absolute Gasteiger partial charge is 0.381 e. The zero-order valence-electron chi connectivity index (χ0n) is 11.0. The van der Waals surface area contributed by atoms with E-state index in [1.807, 2.05) is 0 Å². The van der Waals surface area contributed by atoms with E-state index in [9.17, 15) is 0 Å². The monoisotopic (exact) mass is 303 g/mol. The van der Waals surface area contributed by atoms with Gasteiger partial charge in [-0.1, -0.05) is 34.1 Å². The average molecular weight is 304 g/mol. The molecule has 2 aromatic carbocycles. The van der Waals surface area contributed by atoms with Crippen LogP contribution in [0.5, 0.6) is 0 Å². The summed E-state index contributed by atoms with van der Waals surface area (Å²) in [7, 11) is 0. The van der Waals surface area contributed by atoms with Crippen molar-refractivity contribution in [1.82, 2.24) is 0 Å². The third kappa shape index (κ3) is 3.14. The maximum Gasteiger partial charge on any atom is 0.0411 e. The molecular formula is C16H18BrN. The molecule has 0 atom stereocenters. The van der Waals surface area contributed by atoms with E-state index in [4.69, 9.17) is 0 Å². The van der Waals surface area contributed by atoms with E-state index in [1.165, 1.54) is 32.4 Å². The quantitative estimate of drug-likeness (QED) is 0.842. The minimum atomic E-state index is 0.837. The van der Waals surface area contributed by atoms with Crippen molar-refractivity contribution in [2.75, 3.05) is 5.32 Å². The first-order valence-electron chi connectivity index (χ1n) is 6.12. The minimum absolute atomic E-state index is 0.837. The first kappa shape index (κ1) is 13.2. The van der Waals surface area contributed by atoms with Gasteiger partial charge in [0.1, 0.15) is 0 Å². The Kier molecular flexibility index (Phi) is 4.07. The Morgan fingerprint density at radius 2 is 1.72 bits per heavy atom. The van der Waals surface area contributed by atoms with Gasteiger partial charge in [0, 0.05) is 16.7 Å². The van der Waals surface area contributed by atoms with Gasteiger partial charge in [-0.25, -0.2) is 0 Å². The second-order valence-electron chi connectivity index (χ2n) is 4.75. The van der Waals surface area contributed by atoms with E-state index < -0.39 is 0 Å². The molecule has 1 N–H and O–H groups in total. The highest BCUT2D eigenvalue weighted by molar-refractivity contribution is 9.10. The molecule has 0 aliphatic rings. The summed E-state index contributed by atoms with van der Waals surface area (Å²) in [6.07, 6.45) is 0. The molecule has 0 unspecified atom stereocenters. The van der Waals surface area contributed by atoms with Crippen LogP contribution in [-0.2, 0) is 6.54 Å². The minimum Gasteiger partial charge on any atom is -0.381 e. The lowest BCUT2D eigenvalue weighted by molar-refractivity contribution is 1.13. The molecule has 94 valence electrons. The highest BCUT2D eigenvalue weighted by Gasteiger charge is 2.01. The highest BCUT2D eigenvalue weighted by Crippen LogP contribution is 2.20. The third-order valence-electron chi connectivity index (χ3n) is 3.20. The summed E-state index contributed by atoms with van der Waals surface area (Å²) in [6, 6.07) is 12.9. The van der Waals surface area contributed by atoms with E-state index >= 15 is 0 Å². The van der Waals surface area contributed by atoms with Crippen LogP contribution < -0.4 is 5.32 Å². The van der Waals surface area contributed by atoms with Crippen LogP contribution in [0, 0.1) is 20.8 Å². The Labute approximate surface area is 117 Å². The molecule has 0 heterocycles. The SMILES string of the molecule is Cc1ccc(CNc2ccc(C)c(C)c2)c(Br)c1. The van der Waals surface area contributed by atoms with Crippen molar-refractivity contribution in [2.24, 2.45) is 0 Å². The van der Waals surface area contributed by atoms with E-state index in [0.717, 1.165) is 6.54 Å². The zero-order valence-corrected chi connectivity index (χ0v) is 12.6. The molecule has 0 aliphatic carbocycles. The number of anilines is 1. The molecule has 2 heteroatoms. The zero-order chi connectivity index (χ0) is 13.1. The van der Waals surface area contributed by atoms with Crippen LogP contribution in [0.3, 0.4) is 0 Å². The van der Waals surface area contributed by atoms with E-state index in [-0.39, 0.29) is 0 Å². The van der Waals surface area contributed by atoms with Crippen molar-refractivity contribution in [3.8, 4) is 0 Å². The lowest BCUT2D eigenvalue weighted by Gasteiger charge is -2.10. The van der Waals surface area contributed by atoms with Crippen LogP contribution in [0.15, 0.2) is 40.9 Å². The van der Waals surface area contributed by atoms with Crippen LogP contribution in [0.25, 0.3) is 0 Å². The molecule has 0 saturated heterocycles. The van der Waals surface area contributed by atoms with E-state index in [2.05, 4.69) is 78.4 Å². The summed E-state index contributed by atoms with van der Waals surface area (Å²) in [4.78, 5) is 0. The number of hydrogen-bond donors (Lipinski definition) is 1. The second-order valence-corrected chi connectivity index (χ2v) is 5.60. The van der Waals surface area contributed by atoms with Gasteiger partial charge >= 0.3 is 0 Å². The van der Waals surface area contributed by atoms with E-state index in [1.54, 1.807) is 0 Å². The van der Waals surface area contributed by atoms with Crippen LogP contribution in [0.1, 0.15) is 22.3 Å². The average Bonchev–Trinajstić information content (AvgIpc) is 2.32. The van der Waals surface area contributed by atoms with Crippen molar-refractivity contribution in [3.63, 3.8) is 0 Å². The fourth-order valence-corrected chi connectivity index (χ4v) is 2.48. The maximum atomic E-state index is 3.61. The van der Waals surface area contributed by atoms with Gasteiger partial charge in [-0.2, -0.15) is 0 Å². The summed E-state index contributed by atoms with van der Waals surface area (Å²) in [5, 5.41) is 3.46. The third-order valence-corrected chi connectivity index (χ3v) is 3.94. The Morgan fingerprint density at radius 3 is 2.39 bits per heavy atom. The number of rotatable bonds is 3. The highest BCUT2D eigenvalue weighted by atomic mass is 79.9. The predicted octanol–water partition coefficient (Wildman–Crippen LogP) is 4.99. The number of halogens is 1. The summed E-state index contributed by atoms with van der Waals surface area (Å²) >= 11 is 3.61. The topological polar surface area (TPSA) is 12.0 Å². The van der Waals surface area contributed by atoms with Crippen LogP contribution in [0.4, 0.5) is 5.69 Å². The second kappa shape index (κ2) is 5.57.